The number of nitriles is 1. The molecule has 1 atom stereocenters. The van der Waals surface area contributed by atoms with Crippen molar-refractivity contribution in [2.24, 2.45) is 5.92 Å². The SMILES string of the molecule is CC[C@H]1c2ccsc2CCN1C(=O)C1CCN(S(=O)(=O)c2ccc(C#N)cc2)CC1. The summed E-state index contributed by atoms with van der Waals surface area (Å²) >= 11 is 1.77. The second-order valence-corrected chi connectivity index (χ2v) is 10.8. The van der Waals surface area contributed by atoms with Gasteiger partial charge in [0.25, 0.3) is 0 Å². The molecule has 30 heavy (non-hydrogen) atoms. The summed E-state index contributed by atoms with van der Waals surface area (Å²) in [6.45, 7) is 3.54. The van der Waals surface area contributed by atoms with Crippen LogP contribution in [0, 0.1) is 17.2 Å². The quantitative estimate of drug-likeness (QED) is 0.724. The van der Waals surface area contributed by atoms with Crippen molar-refractivity contribution in [1.82, 2.24) is 9.21 Å². The molecule has 2 aliphatic rings. The van der Waals surface area contributed by atoms with Gasteiger partial charge in [0, 0.05) is 30.4 Å². The van der Waals surface area contributed by atoms with Crippen molar-refractivity contribution in [3.05, 3.63) is 51.7 Å². The van der Waals surface area contributed by atoms with Gasteiger partial charge < -0.3 is 4.90 Å². The molecule has 0 saturated carbocycles. The topological polar surface area (TPSA) is 81.5 Å². The lowest BCUT2D eigenvalue weighted by Crippen LogP contribution is -2.47. The highest BCUT2D eigenvalue weighted by molar-refractivity contribution is 7.89. The molecular weight excluding hydrogens is 418 g/mol. The lowest BCUT2D eigenvalue weighted by molar-refractivity contribution is -0.139. The molecule has 4 rings (SSSR count). The van der Waals surface area contributed by atoms with Gasteiger partial charge in [-0.3, -0.25) is 4.79 Å². The van der Waals surface area contributed by atoms with Crippen LogP contribution in [0.5, 0.6) is 0 Å². The normalized spacial score (nSPS) is 20.5. The summed E-state index contributed by atoms with van der Waals surface area (Å²) < 4.78 is 27.3. The number of hydrogen-bond acceptors (Lipinski definition) is 5. The zero-order valence-electron chi connectivity index (χ0n) is 17.0. The first-order chi connectivity index (χ1) is 14.5. The second-order valence-electron chi connectivity index (χ2n) is 7.82. The van der Waals surface area contributed by atoms with Crippen molar-refractivity contribution >= 4 is 27.3 Å². The van der Waals surface area contributed by atoms with E-state index in [1.54, 1.807) is 11.3 Å². The highest BCUT2D eigenvalue weighted by Gasteiger charge is 2.37. The van der Waals surface area contributed by atoms with Crippen molar-refractivity contribution in [2.45, 2.75) is 43.5 Å². The Labute approximate surface area is 181 Å². The Hall–Kier alpha value is -2.21. The predicted molar refractivity (Wildman–Crippen MR) is 115 cm³/mol. The third kappa shape index (κ3) is 3.78. The molecule has 3 heterocycles. The molecule has 6 nitrogen and oxygen atoms in total. The lowest BCUT2D eigenvalue weighted by atomic mass is 9.92. The van der Waals surface area contributed by atoms with Crippen molar-refractivity contribution < 1.29 is 13.2 Å². The van der Waals surface area contributed by atoms with Crippen LogP contribution in [0.4, 0.5) is 0 Å². The first kappa shape index (κ1) is 21.0. The number of hydrogen-bond donors (Lipinski definition) is 0. The fourth-order valence-electron chi connectivity index (χ4n) is 4.53. The standard InChI is InChI=1S/C22H25N3O3S2/c1-2-20-19-10-14-29-21(19)9-13-25(20)22(26)17-7-11-24(12-8-17)30(27,28)18-5-3-16(15-23)4-6-18/h3-6,10,14,17,20H,2,7-9,11-13H2,1H3/t20-/m0/s1. The predicted octanol–water partition coefficient (Wildman–Crippen LogP) is 3.56. The summed E-state index contributed by atoms with van der Waals surface area (Å²) in [6.07, 6.45) is 2.87. The molecule has 2 aromatic rings. The molecule has 0 N–H and O–H groups in total. The highest BCUT2D eigenvalue weighted by atomic mass is 32.2. The fraction of sp³-hybridized carbons (Fsp3) is 0.455. The Bertz CT molecular complexity index is 1060. The van der Waals surface area contributed by atoms with Crippen LogP contribution in [-0.4, -0.2) is 43.2 Å². The van der Waals surface area contributed by atoms with Crippen molar-refractivity contribution in [3.8, 4) is 6.07 Å². The van der Waals surface area contributed by atoms with Gasteiger partial charge in [0.05, 0.1) is 22.6 Å². The van der Waals surface area contributed by atoms with E-state index in [0.717, 1.165) is 19.4 Å². The van der Waals surface area contributed by atoms with Crippen LogP contribution in [0.2, 0.25) is 0 Å². The Morgan fingerprint density at radius 1 is 1.17 bits per heavy atom. The van der Waals surface area contributed by atoms with Gasteiger partial charge in [0.1, 0.15) is 0 Å². The van der Waals surface area contributed by atoms with Gasteiger partial charge in [-0.1, -0.05) is 6.92 Å². The summed E-state index contributed by atoms with van der Waals surface area (Å²) in [5.74, 6) is 0.0285. The number of piperidine rings is 1. The van der Waals surface area contributed by atoms with Crippen LogP contribution in [0.25, 0.3) is 0 Å². The Kier molecular flexibility index (Phi) is 5.96. The van der Waals surface area contributed by atoms with E-state index in [1.807, 2.05) is 11.0 Å². The largest absolute Gasteiger partial charge is 0.335 e. The zero-order chi connectivity index (χ0) is 21.3. The van der Waals surface area contributed by atoms with E-state index in [1.165, 1.54) is 39.0 Å². The number of benzene rings is 1. The number of carbonyl (C=O) groups excluding carboxylic acids is 1. The molecule has 0 unspecified atom stereocenters. The Morgan fingerprint density at radius 2 is 1.87 bits per heavy atom. The molecule has 1 aromatic carbocycles. The number of rotatable bonds is 4. The third-order valence-electron chi connectivity index (χ3n) is 6.19. The van der Waals surface area contributed by atoms with Gasteiger partial charge in [-0.25, -0.2) is 8.42 Å². The summed E-state index contributed by atoms with van der Waals surface area (Å²) in [4.78, 5) is 16.9. The molecule has 0 spiro atoms. The minimum absolute atomic E-state index is 0.132. The second kappa shape index (κ2) is 8.50. The molecule has 158 valence electrons. The van der Waals surface area contributed by atoms with Crippen LogP contribution in [0.1, 0.15) is 48.2 Å². The molecule has 0 radical (unpaired) electrons. The Balaban J connectivity index is 1.43. The highest BCUT2D eigenvalue weighted by Crippen LogP contribution is 2.37. The van der Waals surface area contributed by atoms with E-state index in [0.29, 0.717) is 31.5 Å². The van der Waals surface area contributed by atoms with Crippen molar-refractivity contribution in [1.29, 1.82) is 5.26 Å². The zero-order valence-corrected chi connectivity index (χ0v) is 18.6. The minimum Gasteiger partial charge on any atom is -0.335 e. The first-order valence-electron chi connectivity index (χ1n) is 10.3. The maximum Gasteiger partial charge on any atom is 0.243 e. The molecule has 1 aromatic heterocycles. The molecular formula is C22H25N3O3S2. The summed E-state index contributed by atoms with van der Waals surface area (Å²) in [5.41, 5.74) is 1.71. The van der Waals surface area contributed by atoms with Crippen LogP contribution in [-0.2, 0) is 21.2 Å². The smallest absolute Gasteiger partial charge is 0.243 e. The van der Waals surface area contributed by atoms with Crippen molar-refractivity contribution in [3.63, 3.8) is 0 Å². The van der Waals surface area contributed by atoms with E-state index in [9.17, 15) is 13.2 Å². The molecule has 0 aliphatic carbocycles. The fourth-order valence-corrected chi connectivity index (χ4v) is 6.93. The number of fused-ring (bicyclic) bond motifs is 1. The number of carbonyl (C=O) groups is 1. The first-order valence-corrected chi connectivity index (χ1v) is 12.6. The monoisotopic (exact) mass is 443 g/mol. The van der Waals surface area contributed by atoms with Crippen molar-refractivity contribution in [2.75, 3.05) is 19.6 Å². The van der Waals surface area contributed by atoms with Crippen LogP contribution >= 0.6 is 11.3 Å². The van der Waals surface area contributed by atoms with E-state index in [4.69, 9.17) is 5.26 Å². The van der Waals surface area contributed by atoms with Gasteiger partial charge in [-0.2, -0.15) is 9.57 Å². The number of thiophene rings is 1. The van der Waals surface area contributed by atoms with E-state index < -0.39 is 10.0 Å². The van der Waals surface area contributed by atoms with E-state index >= 15 is 0 Å². The summed E-state index contributed by atoms with van der Waals surface area (Å²) in [6, 6.07) is 10.3. The van der Waals surface area contributed by atoms with Gasteiger partial charge in [0.2, 0.25) is 15.9 Å². The van der Waals surface area contributed by atoms with Gasteiger partial charge >= 0.3 is 0 Å². The average Bonchev–Trinajstić information content (AvgIpc) is 3.27. The maximum atomic E-state index is 13.3. The molecule has 0 bridgehead atoms. The maximum absolute atomic E-state index is 13.3. The molecule has 1 saturated heterocycles. The van der Waals surface area contributed by atoms with Gasteiger partial charge in [0.15, 0.2) is 0 Å². The number of amides is 1. The van der Waals surface area contributed by atoms with Gasteiger partial charge in [-0.15, -0.1) is 11.3 Å². The third-order valence-corrected chi connectivity index (χ3v) is 9.10. The minimum atomic E-state index is -3.61. The lowest BCUT2D eigenvalue weighted by Gasteiger charge is -2.39. The molecule has 8 heteroatoms. The molecule has 1 fully saturated rings. The molecule has 1 amide bonds. The van der Waals surface area contributed by atoms with Gasteiger partial charge in [-0.05, 0) is 67.0 Å². The summed E-state index contributed by atoms with van der Waals surface area (Å²) in [5, 5.41) is 11.0. The van der Waals surface area contributed by atoms with Crippen LogP contribution in [0.15, 0.2) is 40.6 Å². The number of nitrogens with zero attached hydrogens (tertiary/aromatic N) is 3. The molecule has 2 aliphatic heterocycles. The summed E-state index contributed by atoms with van der Waals surface area (Å²) in [7, 11) is -3.61. The van der Waals surface area contributed by atoms with E-state index in [2.05, 4.69) is 18.4 Å². The Morgan fingerprint density at radius 3 is 2.50 bits per heavy atom. The average molecular weight is 444 g/mol. The number of sulfonamides is 1. The van der Waals surface area contributed by atoms with Crippen LogP contribution < -0.4 is 0 Å². The van der Waals surface area contributed by atoms with E-state index in [-0.39, 0.29) is 22.8 Å². The van der Waals surface area contributed by atoms with Crippen LogP contribution in [0.3, 0.4) is 0 Å².